The monoisotopic (exact) mass is 428 g/mol. The number of hydrogen-bond donors (Lipinski definition) is 1. The van der Waals surface area contributed by atoms with Gasteiger partial charge < -0.3 is 24.1 Å². The molecule has 1 aliphatic heterocycles. The first kappa shape index (κ1) is 22.9. The highest BCUT2D eigenvalue weighted by Gasteiger charge is 2.52. The molecule has 2 aromatic rings. The van der Waals surface area contributed by atoms with E-state index in [0.29, 0.717) is 22.3 Å². The zero-order valence-electron chi connectivity index (χ0n) is 19.1. The minimum Gasteiger partial charge on any atom is -0.490 e. The summed E-state index contributed by atoms with van der Waals surface area (Å²) in [6.45, 7) is 13.8. The normalized spacial score (nSPS) is 17.4. The molecule has 10 heteroatoms. The first-order chi connectivity index (χ1) is 14.3. The van der Waals surface area contributed by atoms with E-state index in [9.17, 15) is 10.1 Å². The number of nitrogens with zero attached hydrogens (tertiary/aromatic N) is 3. The highest BCUT2D eigenvalue weighted by molar-refractivity contribution is 6.64. The first-order valence-electron chi connectivity index (χ1n) is 10.2. The second-order valence-corrected chi connectivity index (χ2v) is 9.46. The van der Waals surface area contributed by atoms with Crippen molar-refractivity contribution in [1.82, 2.24) is 14.9 Å². The molecule has 0 saturated carbocycles. The van der Waals surface area contributed by atoms with Crippen molar-refractivity contribution >= 4 is 24.2 Å². The maximum Gasteiger partial charge on any atom is 0.497 e. The average Bonchev–Trinajstić information content (AvgIpc) is 3.14. The lowest BCUT2D eigenvalue weighted by Gasteiger charge is -2.32. The zero-order valence-corrected chi connectivity index (χ0v) is 19.1. The number of ether oxygens (including phenoxy) is 2. The van der Waals surface area contributed by atoms with Gasteiger partial charge in [0.05, 0.1) is 41.2 Å². The number of amides is 1. The van der Waals surface area contributed by atoms with Crippen LogP contribution in [0.4, 0.5) is 4.79 Å². The van der Waals surface area contributed by atoms with Crippen LogP contribution in [0.15, 0.2) is 18.5 Å². The molecule has 1 fully saturated rings. The summed E-state index contributed by atoms with van der Waals surface area (Å²) in [5, 5.41) is 16.4. The van der Waals surface area contributed by atoms with E-state index < -0.39 is 30.0 Å². The Hall–Kier alpha value is -2.77. The van der Waals surface area contributed by atoms with Crippen LogP contribution in [0.25, 0.3) is 5.52 Å². The van der Waals surface area contributed by atoms with Crippen LogP contribution < -0.4 is 15.5 Å². The fraction of sp³-hybridized carbons (Fsp3) is 0.571. The van der Waals surface area contributed by atoms with E-state index in [1.807, 2.05) is 27.7 Å². The molecule has 0 bridgehead atoms. The number of rotatable bonds is 5. The third-order valence-corrected chi connectivity index (χ3v) is 5.28. The molecule has 0 radical (unpaired) electrons. The van der Waals surface area contributed by atoms with Crippen LogP contribution in [0.1, 0.15) is 54.0 Å². The van der Waals surface area contributed by atoms with Gasteiger partial charge in [-0.15, -0.1) is 0 Å². The Balaban J connectivity index is 1.79. The summed E-state index contributed by atoms with van der Waals surface area (Å²) in [5.41, 5.74) is 0.0610. The number of carbonyl (C=O) groups is 1. The maximum absolute atomic E-state index is 11.8. The number of carbonyl (C=O) groups excluding carboxylic acids is 1. The van der Waals surface area contributed by atoms with Crippen molar-refractivity contribution in [2.24, 2.45) is 0 Å². The second kappa shape index (κ2) is 8.06. The van der Waals surface area contributed by atoms with Crippen LogP contribution >= 0.6 is 0 Å². The van der Waals surface area contributed by atoms with Crippen molar-refractivity contribution in [3.63, 3.8) is 0 Å². The molecule has 1 N–H and O–H groups in total. The lowest BCUT2D eigenvalue weighted by Crippen LogP contribution is -2.41. The summed E-state index contributed by atoms with van der Waals surface area (Å²) in [6.07, 6.45) is 2.67. The lowest BCUT2D eigenvalue weighted by atomic mass is 9.78. The molecular formula is C21H29BN4O5. The van der Waals surface area contributed by atoms with Gasteiger partial charge in [0.1, 0.15) is 24.0 Å². The summed E-state index contributed by atoms with van der Waals surface area (Å²) in [6, 6.07) is 3.95. The van der Waals surface area contributed by atoms with Crippen molar-refractivity contribution in [3.05, 3.63) is 24.0 Å². The molecule has 3 heterocycles. The Labute approximate surface area is 182 Å². The van der Waals surface area contributed by atoms with E-state index in [0.717, 1.165) is 0 Å². The van der Waals surface area contributed by atoms with Crippen molar-refractivity contribution < 1.29 is 23.6 Å². The molecule has 1 saturated heterocycles. The van der Waals surface area contributed by atoms with Gasteiger partial charge in [0.15, 0.2) is 0 Å². The summed E-state index contributed by atoms with van der Waals surface area (Å²) < 4.78 is 25.0. The lowest BCUT2D eigenvalue weighted by molar-refractivity contribution is 0.00578. The van der Waals surface area contributed by atoms with E-state index in [4.69, 9.17) is 18.8 Å². The Kier molecular flexibility index (Phi) is 5.95. The minimum absolute atomic E-state index is 0.222. The first-order valence-corrected chi connectivity index (χ1v) is 10.2. The van der Waals surface area contributed by atoms with Gasteiger partial charge >= 0.3 is 13.2 Å². The van der Waals surface area contributed by atoms with Crippen molar-refractivity contribution in [2.45, 2.75) is 65.3 Å². The van der Waals surface area contributed by atoms with Crippen LogP contribution in [-0.2, 0) is 14.0 Å². The molecule has 1 aliphatic rings. The average molecular weight is 428 g/mol. The Morgan fingerprint density at radius 1 is 1.29 bits per heavy atom. The molecule has 3 rings (SSSR count). The molecule has 0 aliphatic carbocycles. The number of aromatic nitrogens is 2. The van der Waals surface area contributed by atoms with Crippen molar-refractivity contribution in [3.8, 4) is 11.8 Å². The van der Waals surface area contributed by atoms with Crippen LogP contribution in [0.5, 0.6) is 5.75 Å². The Morgan fingerprint density at radius 2 is 1.94 bits per heavy atom. The van der Waals surface area contributed by atoms with Crippen LogP contribution in [-0.4, -0.2) is 52.8 Å². The maximum atomic E-state index is 11.8. The highest BCUT2D eigenvalue weighted by atomic mass is 16.7. The summed E-state index contributed by atoms with van der Waals surface area (Å²) >= 11 is 0. The summed E-state index contributed by atoms with van der Waals surface area (Å²) in [5.74, 6) is 0.510. The molecule has 2 aromatic heterocycles. The molecule has 0 unspecified atom stereocenters. The van der Waals surface area contributed by atoms with Crippen molar-refractivity contribution in [2.75, 3.05) is 13.2 Å². The number of nitriles is 1. The van der Waals surface area contributed by atoms with E-state index in [2.05, 4.69) is 16.5 Å². The number of alkyl carbamates (subject to hydrolysis) is 1. The predicted octanol–water partition coefficient (Wildman–Crippen LogP) is 2.41. The van der Waals surface area contributed by atoms with Crippen LogP contribution in [0.3, 0.4) is 0 Å². The predicted molar refractivity (Wildman–Crippen MR) is 115 cm³/mol. The van der Waals surface area contributed by atoms with Gasteiger partial charge in [-0.25, -0.2) is 9.31 Å². The molecule has 0 atom stereocenters. The summed E-state index contributed by atoms with van der Waals surface area (Å²) in [4.78, 5) is 11.8. The molecule has 31 heavy (non-hydrogen) atoms. The van der Waals surface area contributed by atoms with Gasteiger partial charge in [-0.1, -0.05) is 0 Å². The Bertz CT molecular complexity index is 1000. The van der Waals surface area contributed by atoms with Gasteiger partial charge in [0.2, 0.25) is 0 Å². The second-order valence-electron chi connectivity index (χ2n) is 9.46. The van der Waals surface area contributed by atoms with Gasteiger partial charge in [-0.2, -0.15) is 10.4 Å². The van der Waals surface area contributed by atoms with Gasteiger partial charge in [0.25, 0.3) is 0 Å². The standard InChI is InChI=1S/C21H29BN4O5/c1-19(2,3)29-18(27)24-8-9-28-15-10-16(17-14(11-23)12-25-26(17)13-15)22-30-20(4,5)21(6,7)31-22/h10,12-13H,8-9H2,1-7H3,(H,24,27). The fourth-order valence-corrected chi connectivity index (χ4v) is 3.07. The highest BCUT2D eigenvalue weighted by Crippen LogP contribution is 2.37. The number of nitrogens with one attached hydrogen (secondary N) is 1. The zero-order chi connectivity index (χ0) is 23.0. The van der Waals surface area contributed by atoms with E-state index >= 15 is 0 Å². The van der Waals surface area contributed by atoms with Gasteiger partial charge in [-0.05, 0) is 54.5 Å². The van der Waals surface area contributed by atoms with Crippen LogP contribution in [0, 0.1) is 11.3 Å². The number of hydrogen-bond acceptors (Lipinski definition) is 7. The van der Waals surface area contributed by atoms with E-state index in [1.54, 1.807) is 37.5 Å². The molecule has 0 spiro atoms. The SMILES string of the molecule is CC(C)(C)OC(=O)NCCOc1cc(B2OC(C)(C)C(C)(C)O2)c2c(C#N)cnn2c1. The molecule has 0 aromatic carbocycles. The summed E-state index contributed by atoms with van der Waals surface area (Å²) in [7, 11) is -0.681. The van der Waals surface area contributed by atoms with Crippen molar-refractivity contribution in [1.29, 1.82) is 5.26 Å². The molecule has 1 amide bonds. The Morgan fingerprint density at radius 3 is 2.52 bits per heavy atom. The third kappa shape index (κ3) is 4.94. The number of pyridine rings is 1. The fourth-order valence-electron chi connectivity index (χ4n) is 3.07. The molecular weight excluding hydrogens is 399 g/mol. The van der Waals surface area contributed by atoms with Gasteiger partial charge in [-0.3, -0.25) is 0 Å². The topological polar surface area (TPSA) is 107 Å². The third-order valence-electron chi connectivity index (χ3n) is 5.28. The molecule has 166 valence electrons. The quantitative estimate of drug-likeness (QED) is 0.576. The number of fused-ring (bicyclic) bond motifs is 1. The van der Waals surface area contributed by atoms with Gasteiger partial charge in [0, 0.05) is 5.46 Å². The van der Waals surface area contributed by atoms with Crippen LogP contribution in [0.2, 0.25) is 0 Å². The van der Waals surface area contributed by atoms with E-state index in [-0.39, 0.29) is 13.2 Å². The minimum atomic E-state index is -0.681. The largest absolute Gasteiger partial charge is 0.497 e. The molecule has 9 nitrogen and oxygen atoms in total. The smallest absolute Gasteiger partial charge is 0.490 e. The van der Waals surface area contributed by atoms with E-state index in [1.165, 1.54) is 6.20 Å².